The fourth-order valence-electron chi connectivity index (χ4n) is 2.21. The summed E-state index contributed by atoms with van der Waals surface area (Å²) in [5, 5.41) is 1.10. The van der Waals surface area contributed by atoms with Crippen molar-refractivity contribution < 1.29 is 18.9 Å². The molecule has 0 radical (unpaired) electrons. The first-order valence-electron chi connectivity index (χ1n) is 8.23. The minimum absolute atomic E-state index is 0.376. The Hall–Kier alpha value is -1.88. The third-order valence-electron chi connectivity index (χ3n) is 3.41. The summed E-state index contributed by atoms with van der Waals surface area (Å²) in [5.74, 6) is 1.93. The quantitative estimate of drug-likeness (QED) is 0.496. The molecule has 0 spiro atoms. The largest absolute Gasteiger partial charge is 0.493 e. The zero-order valence-corrected chi connectivity index (χ0v) is 16.3. The van der Waals surface area contributed by atoms with Crippen LogP contribution in [-0.2, 0) is 4.74 Å². The fraction of sp³-hybridized carbons (Fsp3) is 0.300. The molecule has 2 aromatic carbocycles. The lowest BCUT2D eigenvalue weighted by Gasteiger charge is -2.12. The lowest BCUT2D eigenvalue weighted by molar-refractivity contribution is 0.0757. The van der Waals surface area contributed by atoms with Gasteiger partial charge in [0.25, 0.3) is 0 Å². The molecule has 0 unspecified atom stereocenters. The molecule has 0 aliphatic heterocycles. The highest BCUT2D eigenvalue weighted by Crippen LogP contribution is 2.29. The van der Waals surface area contributed by atoms with Crippen LogP contribution in [0.1, 0.15) is 12.5 Å². The number of allylic oxidation sites excluding steroid dienone is 1. The molecule has 0 N–H and O–H groups in total. The number of methoxy groups -OCH3 is 1. The van der Waals surface area contributed by atoms with Gasteiger partial charge in [-0.2, -0.15) is 0 Å². The molecule has 140 valence electrons. The lowest BCUT2D eigenvalue weighted by Crippen LogP contribution is -2.12. The Kier molecular flexibility index (Phi) is 8.62. The van der Waals surface area contributed by atoms with E-state index < -0.39 is 0 Å². The van der Waals surface area contributed by atoms with E-state index in [1.165, 1.54) is 0 Å². The van der Waals surface area contributed by atoms with Crippen LogP contribution in [-0.4, -0.2) is 33.5 Å². The minimum atomic E-state index is 0.376. The molecular formula is C20H22Cl2O4. The molecule has 2 aromatic rings. The van der Waals surface area contributed by atoms with Gasteiger partial charge in [-0.3, -0.25) is 0 Å². The highest BCUT2D eigenvalue weighted by molar-refractivity contribution is 6.34. The summed E-state index contributed by atoms with van der Waals surface area (Å²) in [6.45, 7) is 3.62. The predicted molar refractivity (Wildman–Crippen MR) is 106 cm³/mol. The van der Waals surface area contributed by atoms with Crippen molar-refractivity contribution in [2.24, 2.45) is 0 Å². The van der Waals surface area contributed by atoms with Gasteiger partial charge in [-0.1, -0.05) is 41.4 Å². The van der Waals surface area contributed by atoms with Crippen molar-refractivity contribution in [2.45, 2.75) is 6.92 Å². The van der Waals surface area contributed by atoms with E-state index >= 15 is 0 Å². The molecule has 6 heteroatoms. The van der Waals surface area contributed by atoms with Gasteiger partial charge >= 0.3 is 0 Å². The van der Waals surface area contributed by atoms with E-state index in [0.29, 0.717) is 53.7 Å². The number of ether oxygens (including phenoxy) is 4. The first-order chi connectivity index (χ1) is 12.6. The van der Waals surface area contributed by atoms with Crippen LogP contribution in [0.3, 0.4) is 0 Å². The average Bonchev–Trinajstić information content (AvgIpc) is 2.64. The van der Waals surface area contributed by atoms with Crippen LogP contribution in [0.2, 0.25) is 10.0 Å². The molecule has 26 heavy (non-hydrogen) atoms. The molecular weight excluding hydrogens is 375 g/mol. The molecule has 0 heterocycles. The van der Waals surface area contributed by atoms with E-state index in [-0.39, 0.29) is 0 Å². The summed E-state index contributed by atoms with van der Waals surface area (Å²) in [5.41, 5.74) is 1.06. The molecule has 0 aliphatic rings. The van der Waals surface area contributed by atoms with Gasteiger partial charge in [0.1, 0.15) is 19.0 Å². The van der Waals surface area contributed by atoms with Crippen LogP contribution >= 0.6 is 23.2 Å². The highest BCUT2D eigenvalue weighted by Gasteiger charge is 2.05. The Morgan fingerprint density at radius 3 is 2.27 bits per heavy atom. The van der Waals surface area contributed by atoms with E-state index in [1.54, 1.807) is 25.3 Å². The first kappa shape index (κ1) is 20.4. The van der Waals surface area contributed by atoms with E-state index in [4.69, 9.17) is 42.1 Å². The van der Waals surface area contributed by atoms with Crippen molar-refractivity contribution >= 4 is 29.3 Å². The molecule has 2 rings (SSSR count). The van der Waals surface area contributed by atoms with Crippen molar-refractivity contribution in [3.63, 3.8) is 0 Å². The van der Waals surface area contributed by atoms with E-state index in [0.717, 1.165) is 5.56 Å². The van der Waals surface area contributed by atoms with Crippen molar-refractivity contribution in [2.75, 3.05) is 33.5 Å². The van der Waals surface area contributed by atoms with Crippen LogP contribution in [0, 0.1) is 0 Å². The first-order valence-corrected chi connectivity index (χ1v) is 8.98. The monoisotopic (exact) mass is 396 g/mol. The number of rotatable bonds is 10. The number of halogens is 2. The van der Waals surface area contributed by atoms with Gasteiger partial charge in [0.05, 0.1) is 25.3 Å². The summed E-state index contributed by atoms with van der Waals surface area (Å²) in [7, 11) is 1.62. The summed E-state index contributed by atoms with van der Waals surface area (Å²) in [6.07, 6.45) is 3.98. The summed E-state index contributed by atoms with van der Waals surface area (Å²) < 4.78 is 22.1. The normalized spacial score (nSPS) is 10.9. The third kappa shape index (κ3) is 6.45. The molecule has 0 amide bonds. The molecule has 0 aliphatic carbocycles. The van der Waals surface area contributed by atoms with Gasteiger partial charge in [-0.15, -0.1) is 0 Å². The maximum Gasteiger partial charge on any atom is 0.161 e. The van der Waals surface area contributed by atoms with E-state index in [9.17, 15) is 0 Å². The summed E-state index contributed by atoms with van der Waals surface area (Å²) in [6, 6.07) is 10.9. The predicted octanol–water partition coefficient (Wildman–Crippen LogP) is 5.51. The second-order valence-electron chi connectivity index (χ2n) is 5.29. The smallest absolute Gasteiger partial charge is 0.161 e. The Labute approximate surface area is 164 Å². The fourth-order valence-corrected chi connectivity index (χ4v) is 2.54. The zero-order chi connectivity index (χ0) is 18.8. The summed E-state index contributed by atoms with van der Waals surface area (Å²) >= 11 is 11.9. The van der Waals surface area contributed by atoms with E-state index in [2.05, 4.69) is 0 Å². The van der Waals surface area contributed by atoms with Crippen LogP contribution in [0.25, 0.3) is 6.08 Å². The van der Waals surface area contributed by atoms with Crippen LogP contribution in [0.5, 0.6) is 17.2 Å². The number of hydrogen-bond acceptors (Lipinski definition) is 4. The van der Waals surface area contributed by atoms with Crippen LogP contribution < -0.4 is 14.2 Å². The second kappa shape index (κ2) is 11.0. The number of benzene rings is 2. The average molecular weight is 397 g/mol. The molecule has 0 atom stereocenters. The molecule has 0 fully saturated rings. The summed E-state index contributed by atoms with van der Waals surface area (Å²) in [4.78, 5) is 0. The SMILES string of the molecule is C/C=C/c1ccc(OCCOCCOc2cc(Cl)ccc2Cl)c(OC)c1. The van der Waals surface area contributed by atoms with Gasteiger partial charge in [0.15, 0.2) is 11.5 Å². The molecule has 0 aromatic heterocycles. The van der Waals surface area contributed by atoms with Gasteiger partial charge in [-0.05, 0) is 36.8 Å². The molecule has 0 bridgehead atoms. The Balaban J connectivity index is 1.68. The number of hydrogen-bond donors (Lipinski definition) is 0. The van der Waals surface area contributed by atoms with Gasteiger partial charge in [0, 0.05) is 11.1 Å². The topological polar surface area (TPSA) is 36.9 Å². The van der Waals surface area contributed by atoms with Gasteiger partial charge < -0.3 is 18.9 Å². The second-order valence-corrected chi connectivity index (χ2v) is 6.14. The van der Waals surface area contributed by atoms with Crippen molar-refractivity contribution in [1.82, 2.24) is 0 Å². The van der Waals surface area contributed by atoms with Crippen molar-refractivity contribution in [3.05, 3.63) is 58.1 Å². The lowest BCUT2D eigenvalue weighted by atomic mass is 10.2. The van der Waals surface area contributed by atoms with Gasteiger partial charge in [0.2, 0.25) is 0 Å². The maximum absolute atomic E-state index is 6.03. The zero-order valence-electron chi connectivity index (χ0n) is 14.8. The molecule has 0 saturated carbocycles. The van der Waals surface area contributed by atoms with Crippen LogP contribution in [0.15, 0.2) is 42.5 Å². The Morgan fingerprint density at radius 1 is 0.846 bits per heavy atom. The van der Waals surface area contributed by atoms with Gasteiger partial charge in [-0.25, -0.2) is 0 Å². The minimum Gasteiger partial charge on any atom is -0.493 e. The van der Waals surface area contributed by atoms with Crippen LogP contribution in [0.4, 0.5) is 0 Å². The molecule has 4 nitrogen and oxygen atoms in total. The molecule has 0 saturated heterocycles. The third-order valence-corrected chi connectivity index (χ3v) is 3.96. The van der Waals surface area contributed by atoms with Crippen molar-refractivity contribution in [1.29, 1.82) is 0 Å². The van der Waals surface area contributed by atoms with Crippen molar-refractivity contribution in [3.8, 4) is 17.2 Å². The Bertz CT molecular complexity index is 732. The highest BCUT2D eigenvalue weighted by atomic mass is 35.5. The Morgan fingerprint density at radius 2 is 1.58 bits per heavy atom. The standard InChI is InChI=1S/C20H22Cl2O4/c1-3-4-15-5-8-18(20(13-15)23-2)25-11-9-24-10-12-26-19-14-16(21)6-7-17(19)22/h3-8,13-14H,9-12H2,1-2H3/b4-3+. The van der Waals surface area contributed by atoms with E-state index in [1.807, 2.05) is 37.3 Å². The maximum atomic E-state index is 6.03.